The number of hydrogen-bond donors (Lipinski definition) is 1. The molecule has 1 N–H and O–H groups in total. The monoisotopic (exact) mass is 258 g/mol. The van der Waals surface area contributed by atoms with E-state index in [-0.39, 0.29) is 11.7 Å². The molecule has 1 aromatic rings. The number of carbonyl (C=O) groups is 1. The highest BCUT2D eigenvalue weighted by atomic mass is 16.5. The second-order valence-corrected chi connectivity index (χ2v) is 5.41. The molecule has 4 heteroatoms. The average molecular weight is 258 g/mol. The number of carbonyl (C=O) groups excluding carboxylic acids is 1. The lowest BCUT2D eigenvalue weighted by Crippen LogP contribution is -2.48. The Morgan fingerprint density at radius 1 is 1.47 bits per heavy atom. The zero-order chi connectivity index (χ0) is 13.2. The van der Waals surface area contributed by atoms with E-state index in [2.05, 4.69) is 0 Å². The number of ketones is 1. The van der Waals surface area contributed by atoms with Crippen molar-refractivity contribution in [3.63, 3.8) is 0 Å². The SMILES string of the molecule is COc1ccc2c3c1O[C@H]1C(=O)C=C[C@@](O)(CC2)C31. The van der Waals surface area contributed by atoms with Gasteiger partial charge in [0.15, 0.2) is 23.4 Å². The molecule has 0 spiro atoms. The van der Waals surface area contributed by atoms with Crippen molar-refractivity contribution >= 4 is 5.78 Å². The van der Waals surface area contributed by atoms with Crippen molar-refractivity contribution in [3.8, 4) is 11.5 Å². The van der Waals surface area contributed by atoms with Crippen LogP contribution in [0.2, 0.25) is 0 Å². The first kappa shape index (κ1) is 11.1. The molecule has 4 rings (SSSR count). The van der Waals surface area contributed by atoms with Crippen molar-refractivity contribution in [2.24, 2.45) is 0 Å². The summed E-state index contributed by atoms with van der Waals surface area (Å²) in [6.07, 6.45) is 3.89. The second-order valence-electron chi connectivity index (χ2n) is 5.41. The maximum absolute atomic E-state index is 12.0. The highest BCUT2D eigenvalue weighted by Gasteiger charge is 2.55. The van der Waals surface area contributed by atoms with Crippen molar-refractivity contribution in [1.29, 1.82) is 0 Å². The van der Waals surface area contributed by atoms with Crippen LogP contribution in [0.15, 0.2) is 24.3 Å². The Morgan fingerprint density at radius 3 is 3.11 bits per heavy atom. The lowest BCUT2D eigenvalue weighted by molar-refractivity contribution is -0.125. The predicted molar refractivity (Wildman–Crippen MR) is 67.6 cm³/mol. The van der Waals surface area contributed by atoms with Crippen LogP contribution in [0.4, 0.5) is 0 Å². The topological polar surface area (TPSA) is 55.8 Å². The lowest BCUT2D eigenvalue weighted by atomic mass is 9.67. The molecule has 98 valence electrons. The molecule has 1 aromatic carbocycles. The number of hydrogen-bond acceptors (Lipinski definition) is 4. The number of ether oxygens (including phenoxy) is 2. The van der Waals surface area contributed by atoms with Crippen LogP contribution in [0.5, 0.6) is 11.5 Å². The molecule has 0 saturated heterocycles. The lowest BCUT2D eigenvalue weighted by Gasteiger charge is -2.39. The summed E-state index contributed by atoms with van der Waals surface area (Å²) in [5.41, 5.74) is 1.13. The summed E-state index contributed by atoms with van der Waals surface area (Å²) < 4.78 is 11.1. The molecule has 0 bridgehead atoms. The minimum Gasteiger partial charge on any atom is -0.493 e. The molecule has 1 aliphatic heterocycles. The van der Waals surface area contributed by atoms with Gasteiger partial charge in [0, 0.05) is 5.56 Å². The largest absolute Gasteiger partial charge is 0.493 e. The molecule has 1 heterocycles. The maximum Gasteiger partial charge on any atom is 0.196 e. The van der Waals surface area contributed by atoms with Gasteiger partial charge < -0.3 is 14.6 Å². The van der Waals surface area contributed by atoms with Gasteiger partial charge in [-0.15, -0.1) is 0 Å². The van der Waals surface area contributed by atoms with Gasteiger partial charge in [-0.25, -0.2) is 0 Å². The van der Waals surface area contributed by atoms with Crippen LogP contribution >= 0.6 is 0 Å². The molecule has 0 amide bonds. The Bertz CT molecular complexity index is 619. The Labute approximate surface area is 110 Å². The normalized spacial score (nSPS) is 33.9. The van der Waals surface area contributed by atoms with Gasteiger partial charge in [-0.2, -0.15) is 0 Å². The van der Waals surface area contributed by atoms with Crippen LogP contribution in [0.3, 0.4) is 0 Å². The molecule has 0 saturated carbocycles. The van der Waals surface area contributed by atoms with Crippen molar-refractivity contribution in [2.75, 3.05) is 7.11 Å². The van der Waals surface area contributed by atoms with Gasteiger partial charge in [0.05, 0.1) is 18.6 Å². The number of aliphatic hydroxyl groups is 1. The van der Waals surface area contributed by atoms with Crippen molar-refractivity contribution in [2.45, 2.75) is 30.5 Å². The smallest absolute Gasteiger partial charge is 0.196 e. The number of methoxy groups -OCH3 is 1. The fraction of sp³-hybridized carbons (Fsp3) is 0.400. The minimum atomic E-state index is -0.969. The van der Waals surface area contributed by atoms with Gasteiger partial charge in [0.2, 0.25) is 0 Å². The fourth-order valence-corrected chi connectivity index (χ4v) is 3.54. The second kappa shape index (κ2) is 3.39. The molecular weight excluding hydrogens is 244 g/mol. The molecule has 0 fully saturated rings. The van der Waals surface area contributed by atoms with Crippen LogP contribution in [0, 0.1) is 0 Å². The van der Waals surface area contributed by atoms with E-state index in [0.29, 0.717) is 17.9 Å². The van der Waals surface area contributed by atoms with Crippen LogP contribution in [0.25, 0.3) is 0 Å². The van der Waals surface area contributed by atoms with Gasteiger partial charge >= 0.3 is 0 Å². The predicted octanol–water partition coefficient (Wildman–Crippen LogP) is 1.36. The summed E-state index contributed by atoms with van der Waals surface area (Å²) in [6.45, 7) is 0. The van der Waals surface area contributed by atoms with E-state index in [1.807, 2.05) is 12.1 Å². The van der Waals surface area contributed by atoms with E-state index in [0.717, 1.165) is 17.5 Å². The Kier molecular flexibility index (Phi) is 1.97. The zero-order valence-corrected chi connectivity index (χ0v) is 10.6. The average Bonchev–Trinajstić information content (AvgIpc) is 2.83. The molecule has 19 heavy (non-hydrogen) atoms. The summed E-state index contributed by atoms with van der Waals surface area (Å²) in [7, 11) is 1.58. The summed E-state index contributed by atoms with van der Waals surface area (Å²) >= 11 is 0. The first-order valence-electron chi connectivity index (χ1n) is 6.46. The Balaban J connectivity index is 1.99. The maximum atomic E-state index is 12.0. The first-order chi connectivity index (χ1) is 9.14. The van der Waals surface area contributed by atoms with E-state index < -0.39 is 11.7 Å². The van der Waals surface area contributed by atoms with Crippen molar-refractivity contribution < 1.29 is 19.4 Å². The molecule has 4 nitrogen and oxygen atoms in total. The van der Waals surface area contributed by atoms with E-state index in [1.54, 1.807) is 13.2 Å². The standard InChI is InChI=1S/C15H14O4/c1-18-10-3-2-8-4-6-15(17)7-5-9(16)13-12(15)11(8)14(10)19-13/h2-3,5,7,12-13,17H,4,6H2,1H3/t12?,13-,15-/m0/s1. The molecule has 3 aliphatic rings. The molecule has 0 radical (unpaired) electrons. The van der Waals surface area contributed by atoms with E-state index >= 15 is 0 Å². The van der Waals surface area contributed by atoms with Crippen LogP contribution in [0.1, 0.15) is 23.5 Å². The Morgan fingerprint density at radius 2 is 2.32 bits per heavy atom. The minimum absolute atomic E-state index is 0.0826. The number of aryl methyl sites for hydroxylation is 1. The number of rotatable bonds is 1. The molecular formula is C15H14O4. The third-order valence-electron chi connectivity index (χ3n) is 4.48. The van der Waals surface area contributed by atoms with Crippen molar-refractivity contribution in [3.05, 3.63) is 35.4 Å². The molecule has 3 atom stereocenters. The third-order valence-corrected chi connectivity index (χ3v) is 4.48. The zero-order valence-electron chi connectivity index (χ0n) is 10.6. The van der Waals surface area contributed by atoms with Crippen LogP contribution in [-0.4, -0.2) is 29.7 Å². The van der Waals surface area contributed by atoms with Gasteiger partial charge in [0.25, 0.3) is 0 Å². The first-order valence-corrected chi connectivity index (χ1v) is 6.46. The van der Waals surface area contributed by atoms with Gasteiger partial charge in [-0.05, 0) is 36.6 Å². The summed E-state index contributed by atoms with van der Waals surface area (Å²) in [5, 5.41) is 10.8. The summed E-state index contributed by atoms with van der Waals surface area (Å²) in [4.78, 5) is 12.0. The summed E-state index contributed by atoms with van der Waals surface area (Å²) in [6, 6.07) is 3.87. The quantitative estimate of drug-likeness (QED) is 0.826. The molecule has 2 aliphatic carbocycles. The Hall–Kier alpha value is -1.81. The van der Waals surface area contributed by atoms with E-state index in [4.69, 9.17) is 9.47 Å². The highest BCUT2D eigenvalue weighted by Crippen LogP contribution is 2.55. The summed E-state index contributed by atoms with van der Waals surface area (Å²) in [5.74, 6) is 0.884. The fourth-order valence-electron chi connectivity index (χ4n) is 3.54. The molecule has 0 aromatic heterocycles. The molecule has 1 unspecified atom stereocenters. The van der Waals surface area contributed by atoms with Crippen molar-refractivity contribution in [1.82, 2.24) is 0 Å². The van der Waals surface area contributed by atoms with E-state index in [1.165, 1.54) is 6.08 Å². The van der Waals surface area contributed by atoms with E-state index in [9.17, 15) is 9.90 Å². The van der Waals surface area contributed by atoms with Gasteiger partial charge in [0.1, 0.15) is 0 Å². The third kappa shape index (κ3) is 1.24. The van der Waals surface area contributed by atoms with Crippen LogP contribution < -0.4 is 9.47 Å². The highest BCUT2D eigenvalue weighted by molar-refractivity contribution is 5.97. The van der Waals surface area contributed by atoms with Gasteiger partial charge in [-0.1, -0.05) is 6.07 Å². The van der Waals surface area contributed by atoms with Gasteiger partial charge in [-0.3, -0.25) is 4.79 Å². The van der Waals surface area contributed by atoms with Crippen LogP contribution in [-0.2, 0) is 11.2 Å². The number of benzene rings is 1.